The molecule has 2 aromatic carbocycles. The first kappa shape index (κ1) is 21.6. The molecule has 3 saturated heterocycles. The average Bonchev–Trinajstić information content (AvgIpc) is 3.48. The van der Waals surface area contributed by atoms with Crippen molar-refractivity contribution >= 4 is 16.5 Å². The highest BCUT2D eigenvalue weighted by Crippen LogP contribution is 2.41. The summed E-state index contributed by atoms with van der Waals surface area (Å²) < 4.78 is 28.1. The van der Waals surface area contributed by atoms with E-state index in [1.807, 2.05) is 30.3 Å². The van der Waals surface area contributed by atoms with Gasteiger partial charge in [-0.25, -0.2) is 4.39 Å². The minimum atomic E-state index is -0.285. The SMILES string of the molecule is CN1CC2(CCN(c3ccc(-n4ccc5cc(OC[C@H]6CCCO6)ccc5c4=O)cc3F)C2)C1. The number of anilines is 1. The molecule has 1 aromatic heterocycles. The molecule has 178 valence electrons. The van der Waals surface area contributed by atoms with Gasteiger partial charge in [0, 0.05) is 55.9 Å². The largest absolute Gasteiger partial charge is 0.491 e. The summed E-state index contributed by atoms with van der Waals surface area (Å²) in [6.07, 6.45) is 5.04. The molecule has 0 aliphatic carbocycles. The molecule has 0 saturated carbocycles. The van der Waals surface area contributed by atoms with Gasteiger partial charge in [0.25, 0.3) is 5.56 Å². The van der Waals surface area contributed by atoms with Crippen molar-refractivity contribution in [1.82, 2.24) is 9.47 Å². The van der Waals surface area contributed by atoms with E-state index >= 15 is 4.39 Å². The van der Waals surface area contributed by atoms with Crippen molar-refractivity contribution in [2.24, 2.45) is 5.41 Å². The summed E-state index contributed by atoms with van der Waals surface area (Å²) in [6.45, 7) is 5.23. The molecule has 1 atom stereocenters. The molecule has 0 unspecified atom stereocenters. The quantitative estimate of drug-likeness (QED) is 0.576. The van der Waals surface area contributed by atoms with E-state index in [9.17, 15) is 4.79 Å². The van der Waals surface area contributed by atoms with Crippen molar-refractivity contribution in [2.75, 3.05) is 51.3 Å². The predicted molar refractivity (Wildman–Crippen MR) is 131 cm³/mol. The van der Waals surface area contributed by atoms with Crippen LogP contribution in [0, 0.1) is 11.2 Å². The van der Waals surface area contributed by atoms with Gasteiger partial charge >= 0.3 is 0 Å². The van der Waals surface area contributed by atoms with Gasteiger partial charge < -0.3 is 19.3 Å². The third-order valence-corrected chi connectivity index (χ3v) is 7.53. The van der Waals surface area contributed by atoms with Gasteiger partial charge in [-0.2, -0.15) is 0 Å². The zero-order valence-corrected chi connectivity index (χ0v) is 19.5. The Morgan fingerprint density at radius 3 is 2.79 bits per heavy atom. The van der Waals surface area contributed by atoms with Crippen molar-refractivity contribution in [1.29, 1.82) is 0 Å². The number of halogens is 1. The fourth-order valence-electron chi connectivity index (χ4n) is 5.88. The number of likely N-dealkylation sites (tertiary alicyclic amines) is 1. The van der Waals surface area contributed by atoms with Crippen LogP contribution in [0.5, 0.6) is 5.75 Å². The number of hydrogen-bond donors (Lipinski definition) is 0. The molecule has 1 spiro atoms. The molecule has 0 radical (unpaired) electrons. The molecular weight excluding hydrogens is 433 g/mol. The molecule has 7 heteroatoms. The molecule has 3 fully saturated rings. The van der Waals surface area contributed by atoms with Gasteiger partial charge in [0.2, 0.25) is 0 Å². The summed E-state index contributed by atoms with van der Waals surface area (Å²) in [4.78, 5) is 17.6. The van der Waals surface area contributed by atoms with Gasteiger partial charge in [-0.3, -0.25) is 9.36 Å². The first-order valence-corrected chi connectivity index (χ1v) is 12.1. The van der Waals surface area contributed by atoms with E-state index in [-0.39, 0.29) is 17.5 Å². The smallest absolute Gasteiger partial charge is 0.262 e. The third-order valence-electron chi connectivity index (χ3n) is 7.53. The van der Waals surface area contributed by atoms with Crippen LogP contribution in [0.1, 0.15) is 19.3 Å². The van der Waals surface area contributed by atoms with Gasteiger partial charge in [-0.05, 0) is 68.1 Å². The molecule has 0 amide bonds. The van der Waals surface area contributed by atoms with Crippen molar-refractivity contribution < 1.29 is 13.9 Å². The molecule has 3 aliphatic rings. The Hall–Kier alpha value is -2.90. The standard InChI is InChI=1S/C27H30FN3O3/c1-29-16-27(17-29)9-11-30(18-27)25-7-4-20(14-24(25)28)31-10-8-19-13-21(5-6-23(19)26(31)32)34-15-22-3-2-12-33-22/h4-8,10,13-14,22H,2-3,9,11-12,15-18H2,1H3/t22-/m1/s1. The van der Waals surface area contributed by atoms with Crippen LogP contribution in [-0.2, 0) is 4.74 Å². The molecule has 34 heavy (non-hydrogen) atoms. The molecule has 3 aromatic rings. The summed E-state index contributed by atoms with van der Waals surface area (Å²) >= 11 is 0. The number of ether oxygens (including phenoxy) is 2. The third kappa shape index (κ3) is 3.87. The van der Waals surface area contributed by atoms with Crippen LogP contribution in [0.3, 0.4) is 0 Å². The van der Waals surface area contributed by atoms with Crippen LogP contribution in [-0.4, -0.2) is 62.0 Å². The lowest BCUT2D eigenvalue weighted by Gasteiger charge is -2.46. The Labute approximate surface area is 198 Å². The molecular formula is C27H30FN3O3. The first-order valence-electron chi connectivity index (χ1n) is 12.1. The maximum absolute atomic E-state index is 15.2. The highest BCUT2D eigenvalue weighted by atomic mass is 19.1. The summed E-state index contributed by atoms with van der Waals surface area (Å²) in [5, 5.41) is 1.38. The molecule has 6 nitrogen and oxygen atoms in total. The van der Waals surface area contributed by atoms with Gasteiger partial charge in [-0.1, -0.05) is 0 Å². The number of hydrogen-bond acceptors (Lipinski definition) is 5. The maximum atomic E-state index is 15.2. The second-order valence-electron chi connectivity index (χ2n) is 10.2. The maximum Gasteiger partial charge on any atom is 0.262 e. The zero-order valence-electron chi connectivity index (χ0n) is 19.5. The molecule has 4 heterocycles. The van der Waals surface area contributed by atoms with E-state index in [0.29, 0.717) is 28.8 Å². The van der Waals surface area contributed by atoms with E-state index in [0.717, 1.165) is 63.2 Å². The van der Waals surface area contributed by atoms with Crippen molar-refractivity contribution in [2.45, 2.75) is 25.4 Å². The molecule has 3 aliphatic heterocycles. The highest BCUT2D eigenvalue weighted by molar-refractivity contribution is 5.83. The van der Waals surface area contributed by atoms with E-state index < -0.39 is 0 Å². The van der Waals surface area contributed by atoms with E-state index in [4.69, 9.17) is 9.47 Å². The number of aromatic nitrogens is 1. The van der Waals surface area contributed by atoms with E-state index in [1.54, 1.807) is 12.3 Å². The fourth-order valence-corrected chi connectivity index (χ4v) is 5.88. The van der Waals surface area contributed by atoms with Crippen molar-refractivity contribution in [3.05, 3.63) is 64.8 Å². The van der Waals surface area contributed by atoms with Gasteiger partial charge in [0.1, 0.15) is 18.2 Å². The zero-order chi connectivity index (χ0) is 23.3. The molecule has 6 rings (SSSR count). The highest BCUT2D eigenvalue weighted by Gasteiger charge is 2.46. The van der Waals surface area contributed by atoms with E-state index in [2.05, 4.69) is 16.8 Å². The number of fused-ring (bicyclic) bond motifs is 1. The lowest BCUT2D eigenvalue weighted by Crippen LogP contribution is -2.55. The summed E-state index contributed by atoms with van der Waals surface area (Å²) in [7, 11) is 2.13. The van der Waals surface area contributed by atoms with Crippen molar-refractivity contribution in [3.63, 3.8) is 0 Å². The Kier molecular flexibility index (Phi) is 5.34. The number of pyridine rings is 1. The van der Waals surface area contributed by atoms with Crippen LogP contribution in [0.4, 0.5) is 10.1 Å². The van der Waals surface area contributed by atoms with Crippen LogP contribution < -0.4 is 15.2 Å². The fraction of sp³-hybridized carbons (Fsp3) is 0.444. The lowest BCUT2D eigenvalue weighted by atomic mass is 9.79. The lowest BCUT2D eigenvalue weighted by molar-refractivity contribution is 0.0424. The molecule has 0 bridgehead atoms. The van der Waals surface area contributed by atoms with Crippen LogP contribution in [0.25, 0.3) is 16.5 Å². The number of nitrogens with zero attached hydrogens (tertiary/aromatic N) is 3. The first-order chi connectivity index (χ1) is 16.5. The summed E-state index contributed by atoms with van der Waals surface area (Å²) in [6, 6.07) is 12.5. The Morgan fingerprint density at radius 1 is 1.15 bits per heavy atom. The van der Waals surface area contributed by atoms with E-state index in [1.165, 1.54) is 10.6 Å². The Morgan fingerprint density at radius 2 is 2.03 bits per heavy atom. The Balaban J connectivity index is 1.22. The van der Waals surface area contributed by atoms with Crippen molar-refractivity contribution in [3.8, 4) is 11.4 Å². The number of rotatable bonds is 5. The minimum absolute atomic E-state index is 0.141. The predicted octanol–water partition coefficient (Wildman–Crippen LogP) is 3.83. The Bertz CT molecular complexity index is 1280. The average molecular weight is 464 g/mol. The van der Waals surface area contributed by atoms with Crippen LogP contribution in [0.2, 0.25) is 0 Å². The van der Waals surface area contributed by atoms with Gasteiger partial charge in [0.15, 0.2) is 0 Å². The van der Waals surface area contributed by atoms with Crippen LogP contribution >= 0.6 is 0 Å². The normalized spacial score (nSPS) is 21.9. The number of benzene rings is 2. The van der Waals surface area contributed by atoms with Gasteiger partial charge in [0.05, 0.1) is 17.5 Å². The summed E-state index contributed by atoms with van der Waals surface area (Å²) in [5.41, 5.74) is 1.29. The summed E-state index contributed by atoms with van der Waals surface area (Å²) in [5.74, 6) is 0.434. The van der Waals surface area contributed by atoms with Gasteiger partial charge in [-0.15, -0.1) is 0 Å². The minimum Gasteiger partial charge on any atom is -0.491 e. The monoisotopic (exact) mass is 463 g/mol. The second kappa shape index (κ2) is 8.40. The molecule has 0 N–H and O–H groups in total. The second-order valence-corrected chi connectivity index (χ2v) is 10.2. The van der Waals surface area contributed by atoms with Crippen LogP contribution in [0.15, 0.2) is 53.5 Å². The topological polar surface area (TPSA) is 46.9 Å².